The van der Waals surface area contributed by atoms with Crippen LogP contribution in [0.15, 0.2) is 30.5 Å². The molecule has 4 rings (SSSR count). The van der Waals surface area contributed by atoms with E-state index in [-0.39, 0.29) is 5.91 Å². The number of rotatable bonds is 3. The number of aryl methyl sites for hydroxylation is 4. The third-order valence-electron chi connectivity index (χ3n) is 6.11. The second-order valence-corrected chi connectivity index (χ2v) is 8.23. The van der Waals surface area contributed by atoms with Crippen molar-refractivity contribution >= 4 is 22.5 Å². The maximum atomic E-state index is 13.2. The maximum absolute atomic E-state index is 13.2. The number of aromatic nitrogens is 2. The summed E-state index contributed by atoms with van der Waals surface area (Å²) in [6.45, 7) is 11.8. The summed E-state index contributed by atoms with van der Waals surface area (Å²) < 4.78 is 0. The van der Waals surface area contributed by atoms with Crippen LogP contribution in [0.2, 0.25) is 0 Å². The lowest BCUT2D eigenvalue weighted by Gasteiger charge is -2.24. The van der Waals surface area contributed by atoms with Gasteiger partial charge in [-0.05, 0) is 62.9 Å². The minimum atomic E-state index is 0.225. The first-order valence-electron chi connectivity index (χ1n) is 10.5. The average Bonchev–Trinajstić information content (AvgIpc) is 2.88. The molecular weight excluding hydrogens is 360 g/mol. The summed E-state index contributed by atoms with van der Waals surface area (Å²) in [5.74, 6) is 0.225. The summed E-state index contributed by atoms with van der Waals surface area (Å²) in [5.41, 5.74) is 8.11. The molecule has 1 amide bonds. The molecule has 0 bridgehead atoms. The summed E-state index contributed by atoms with van der Waals surface area (Å²) in [6, 6.07) is 8.48. The molecule has 1 aromatic carbocycles. The van der Waals surface area contributed by atoms with Crippen molar-refractivity contribution in [2.24, 2.45) is 0 Å². The fourth-order valence-electron chi connectivity index (χ4n) is 4.45. The molecule has 152 valence electrons. The lowest BCUT2D eigenvalue weighted by atomic mass is 10.0. The zero-order valence-electron chi connectivity index (χ0n) is 17.9. The lowest BCUT2D eigenvalue weighted by Crippen LogP contribution is -2.36. The maximum Gasteiger partial charge on any atom is 0.227 e. The van der Waals surface area contributed by atoms with E-state index in [9.17, 15) is 4.79 Å². The van der Waals surface area contributed by atoms with E-state index in [2.05, 4.69) is 59.9 Å². The largest absolute Gasteiger partial charge is 0.370 e. The van der Waals surface area contributed by atoms with Crippen LogP contribution in [0.5, 0.6) is 0 Å². The van der Waals surface area contributed by atoms with Gasteiger partial charge in [-0.1, -0.05) is 12.1 Å². The van der Waals surface area contributed by atoms with Gasteiger partial charge in [0.25, 0.3) is 0 Å². The van der Waals surface area contributed by atoms with Crippen LogP contribution in [0.25, 0.3) is 10.9 Å². The van der Waals surface area contributed by atoms with Gasteiger partial charge >= 0.3 is 0 Å². The highest BCUT2D eigenvalue weighted by atomic mass is 16.2. The Morgan fingerprint density at radius 3 is 2.62 bits per heavy atom. The molecular formula is C24H30N4O. The Morgan fingerprint density at radius 1 is 1.03 bits per heavy atom. The molecule has 3 aromatic rings. The van der Waals surface area contributed by atoms with E-state index in [1.807, 2.05) is 18.0 Å². The van der Waals surface area contributed by atoms with Gasteiger partial charge in [0, 0.05) is 60.4 Å². The monoisotopic (exact) mass is 390 g/mol. The highest BCUT2D eigenvalue weighted by Gasteiger charge is 2.22. The third kappa shape index (κ3) is 3.86. The standard InChI is InChI=1S/C24H30N4O/c1-16-6-7-17(2)24-23(16)21(19(4)26-24)15-22(29)28-11-5-10-27(12-13-28)20-8-9-25-18(3)14-20/h6-9,14,26H,5,10-13,15H2,1-4H3. The number of pyridine rings is 1. The second-order valence-electron chi connectivity index (χ2n) is 8.23. The van der Waals surface area contributed by atoms with Gasteiger partial charge in [0.05, 0.1) is 6.42 Å². The predicted molar refractivity (Wildman–Crippen MR) is 119 cm³/mol. The van der Waals surface area contributed by atoms with Crippen LogP contribution < -0.4 is 4.90 Å². The average molecular weight is 391 g/mol. The van der Waals surface area contributed by atoms with Crippen molar-refractivity contribution in [2.45, 2.75) is 40.5 Å². The molecule has 5 nitrogen and oxygen atoms in total. The minimum Gasteiger partial charge on any atom is -0.370 e. The molecule has 0 unspecified atom stereocenters. The number of aromatic amines is 1. The molecule has 0 radical (unpaired) electrons. The topological polar surface area (TPSA) is 52.2 Å². The summed E-state index contributed by atoms with van der Waals surface area (Å²) in [5, 5.41) is 1.22. The lowest BCUT2D eigenvalue weighted by molar-refractivity contribution is -0.130. The van der Waals surface area contributed by atoms with Gasteiger partial charge in [0.1, 0.15) is 0 Å². The SMILES string of the molecule is Cc1cc(N2CCCN(C(=O)Cc3c(C)[nH]c4c(C)ccc(C)c34)CC2)ccn1. The Balaban J connectivity index is 1.50. The first-order chi connectivity index (χ1) is 13.9. The fourth-order valence-corrected chi connectivity index (χ4v) is 4.45. The van der Waals surface area contributed by atoms with Crippen molar-refractivity contribution in [2.75, 3.05) is 31.1 Å². The normalized spacial score (nSPS) is 15.0. The van der Waals surface area contributed by atoms with Gasteiger partial charge in [-0.2, -0.15) is 0 Å². The first-order valence-corrected chi connectivity index (χ1v) is 10.5. The van der Waals surface area contributed by atoms with Gasteiger partial charge in [-0.3, -0.25) is 9.78 Å². The van der Waals surface area contributed by atoms with E-state index in [0.29, 0.717) is 6.42 Å². The van der Waals surface area contributed by atoms with Crippen LogP contribution >= 0.6 is 0 Å². The molecule has 29 heavy (non-hydrogen) atoms. The first kappa shape index (κ1) is 19.5. The van der Waals surface area contributed by atoms with E-state index in [4.69, 9.17) is 0 Å². The van der Waals surface area contributed by atoms with Crippen molar-refractivity contribution in [3.05, 3.63) is 58.5 Å². The van der Waals surface area contributed by atoms with Crippen LogP contribution in [-0.2, 0) is 11.2 Å². The number of anilines is 1. The van der Waals surface area contributed by atoms with E-state index in [1.165, 1.54) is 27.7 Å². The number of fused-ring (bicyclic) bond motifs is 1. The van der Waals surface area contributed by atoms with Gasteiger partial charge in [-0.25, -0.2) is 0 Å². The molecule has 0 atom stereocenters. The van der Waals surface area contributed by atoms with Gasteiger partial charge in [0.15, 0.2) is 0 Å². The molecule has 3 heterocycles. The van der Waals surface area contributed by atoms with Gasteiger partial charge < -0.3 is 14.8 Å². The number of H-pyrrole nitrogens is 1. The van der Waals surface area contributed by atoms with E-state index in [0.717, 1.165) is 49.6 Å². The van der Waals surface area contributed by atoms with E-state index < -0.39 is 0 Å². The Morgan fingerprint density at radius 2 is 1.83 bits per heavy atom. The van der Waals surface area contributed by atoms with Gasteiger partial charge in [0.2, 0.25) is 5.91 Å². The quantitative estimate of drug-likeness (QED) is 0.733. The number of amides is 1. The molecule has 5 heteroatoms. The van der Waals surface area contributed by atoms with Crippen molar-refractivity contribution in [1.29, 1.82) is 0 Å². The third-order valence-corrected chi connectivity index (χ3v) is 6.11. The van der Waals surface area contributed by atoms with Gasteiger partial charge in [-0.15, -0.1) is 0 Å². The highest BCUT2D eigenvalue weighted by molar-refractivity contribution is 5.93. The fraction of sp³-hybridized carbons (Fsp3) is 0.417. The Kier molecular flexibility index (Phi) is 5.31. The molecule has 1 fully saturated rings. The number of nitrogens with one attached hydrogen (secondary N) is 1. The van der Waals surface area contributed by atoms with Crippen LogP contribution in [0.1, 0.15) is 34.5 Å². The number of hydrogen-bond donors (Lipinski definition) is 1. The number of hydrogen-bond acceptors (Lipinski definition) is 3. The summed E-state index contributed by atoms with van der Waals surface area (Å²) in [4.78, 5) is 25.4. The molecule has 1 saturated heterocycles. The zero-order valence-corrected chi connectivity index (χ0v) is 17.9. The Bertz CT molecular complexity index is 1050. The van der Waals surface area contributed by atoms with Crippen LogP contribution in [0.3, 0.4) is 0 Å². The van der Waals surface area contributed by atoms with Crippen molar-refractivity contribution in [1.82, 2.24) is 14.9 Å². The highest BCUT2D eigenvalue weighted by Crippen LogP contribution is 2.29. The molecule has 0 aliphatic carbocycles. The molecule has 1 N–H and O–H groups in total. The van der Waals surface area contributed by atoms with E-state index >= 15 is 0 Å². The summed E-state index contributed by atoms with van der Waals surface area (Å²) in [6.07, 6.45) is 3.31. The zero-order chi connectivity index (χ0) is 20.5. The van der Waals surface area contributed by atoms with Crippen LogP contribution in [-0.4, -0.2) is 47.0 Å². The smallest absolute Gasteiger partial charge is 0.227 e. The molecule has 0 spiro atoms. The second kappa shape index (κ2) is 7.90. The van der Waals surface area contributed by atoms with Crippen LogP contribution in [0.4, 0.5) is 5.69 Å². The summed E-state index contributed by atoms with van der Waals surface area (Å²) >= 11 is 0. The molecule has 1 aliphatic rings. The molecule has 2 aromatic heterocycles. The Hall–Kier alpha value is -2.82. The molecule has 1 aliphatic heterocycles. The van der Waals surface area contributed by atoms with E-state index in [1.54, 1.807) is 0 Å². The minimum absolute atomic E-state index is 0.225. The number of carbonyl (C=O) groups is 1. The number of carbonyl (C=O) groups excluding carboxylic acids is 1. The van der Waals surface area contributed by atoms with Crippen molar-refractivity contribution in [3.63, 3.8) is 0 Å². The van der Waals surface area contributed by atoms with Crippen LogP contribution in [0, 0.1) is 27.7 Å². The summed E-state index contributed by atoms with van der Waals surface area (Å²) in [7, 11) is 0. The number of benzene rings is 1. The van der Waals surface area contributed by atoms with Crippen molar-refractivity contribution < 1.29 is 4.79 Å². The Labute approximate surface area is 172 Å². The predicted octanol–water partition coefficient (Wildman–Crippen LogP) is 4.08. The molecule has 0 saturated carbocycles. The number of nitrogens with zero attached hydrogens (tertiary/aromatic N) is 3. The van der Waals surface area contributed by atoms with Crippen molar-refractivity contribution in [3.8, 4) is 0 Å².